The van der Waals surface area contributed by atoms with Crippen LogP contribution in [0.1, 0.15) is 6.92 Å². The highest BCUT2D eigenvalue weighted by Crippen LogP contribution is 2.20. The van der Waals surface area contributed by atoms with Crippen molar-refractivity contribution in [3.63, 3.8) is 0 Å². The summed E-state index contributed by atoms with van der Waals surface area (Å²) in [5.74, 6) is 1.74. The predicted molar refractivity (Wildman–Crippen MR) is 133 cm³/mol. The lowest BCUT2D eigenvalue weighted by Crippen LogP contribution is -2.37. The number of aliphatic hydroxyl groups is 1. The van der Waals surface area contributed by atoms with Crippen LogP contribution in [0.2, 0.25) is 10.3 Å². The third kappa shape index (κ3) is 8.85. The number of hydrogen-bond acceptors (Lipinski definition) is 12. The van der Waals surface area contributed by atoms with Crippen LogP contribution in [-0.2, 0) is 19.3 Å². The van der Waals surface area contributed by atoms with Gasteiger partial charge in [0.15, 0.2) is 0 Å². The van der Waals surface area contributed by atoms with Crippen LogP contribution in [0.5, 0.6) is 0 Å². The molecule has 2 saturated heterocycles. The number of sulfone groups is 1. The van der Waals surface area contributed by atoms with E-state index in [-0.39, 0.29) is 10.3 Å². The fraction of sp³-hybridized carbons (Fsp3) is 0.600. The van der Waals surface area contributed by atoms with Gasteiger partial charge < -0.3 is 29.7 Å². The lowest BCUT2D eigenvalue weighted by atomic mass is 10.4. The topological polar surface area (TPSA) is 143 Å². The van der Waals surface area contributed by atoms with Crippen molar-refractivity contribution >= 4 is 50.6 Å². The van der Waals surface area contributed by atoms with Gasteiger partial charge in [-0.3, -0.25) is 0 Å². The van der Waals surface area contributed by atoms with Crippen LogP contribution in [0.3, 0.4) is 0 Å². The van der Waals surface area contributed by atoms with Crippen molar-refractivity contribution in [1.82, 2.24) is 19.9 Å². The number of morpholine rings is 2. The van der Waals surface area contributed by atoms with Gasteiger partial charge >= 0.3 is 0 Å². The highest BCUT2D eigenvalue weighted by Gasteiger charge is 2.18. The van der Waals surface area contributed by atoms with Crippen molar-refractivity contribution in [1.29, 1.82) is 0 Å². The van der Waals surface area contributed by atoms with E-state index in [0.29, 0.717) is 63.0 Å². The van der Waals surface area contributed by atoms with Gasteiger partial charge in [-0.05, 0) is 6.92 Å². The number of halogens is 2. The molecule has 0 amide bonds. The Bertz CT molecular complexity index is 1080. The molecular weight excluding hydrogens is 521 g/mol. The summed E-state index contributed by atoms with van der Waals surface area (Å²) in [5, 5.41) is 12.4. The Morgan fingerprint density at radius 1 is 0.943 bits per heavy atom. The maximum absolute atomic E-state index is 11.4. The van der Waals surface area contributed by atoms with Crippen molar-refractivity contribution in [3.8, 4) is 0 Å². The zero-order valence-corrected chi connectivity index (χ0v) is 21.9. The molecule has 12 nitrogen and oxygen atoms in total. The lowest BCUT2D eigenvalue weighted by Gasteiger charge is -2.28. The molecule has 2 N–H and O–H groups in total. The molecule has 194 valence electrons. The highest BCUT2D eigenvalue weighted by molar-refractivity contribution is 7.90. The minimum atomic E-state index is -3.45. The van der Waals surface area contributed by atoms with E-state index in [4.69, 9.17) is 32.7 Å². The quantitative estimate of drug-likeness (QED) is 0.393. The summed E-state index contributed by atoms with van der Waals surface area (Å²) in [4.78, 5) is 20.2. The standard InChI is InChI=1S/C11H17ClN4O2.C9H12ClN3O3S/c1-8(17)7-13-11-14-9(12)6-10(15-11)16-2-4-18-5-3-16;1-17(14,15)9-11-7(10)6-8(12-9)13-2-4-16-5-3-13/h6,8,17H,2-5,7H2,1H3,(H,13,14,15);6H,2-5H2,1H3/t8-;/m1./s1. The van der Waals surface area contributed by atoms with E-state index in [2.05, 4.69) is 30.2 Å². The highest BCUT2D eigenvalue weighted by atomic mass is 35.5. The summed E-state index contributed by atoms with van der Waals surface area (Å²) < 4.78 is 33.3. The van der Waals surface area contributed by atoms with Gasteiger partial charge in [-0.25, -0.2) is 23.4 Å². The average molecular weight is 550 g/mol. The Kier molecular flexibility index (Phi) is 10.1. The molecule has 0 saturated carbocycles. The van der Waals surface area contributed by atoms with Crippen LogP contribution in [0.25, 0.3) is 0 Å². The van der Waals surface area contributed by atoms with Crippen LogP contribution >= 0.6 is 23.2 Å². The molecule has 15 heteroatoms. The maximum Gasteiger partial charge on any atom is 0.250 e. The number of hydrogen-bond donors (Lipinski definition) is 2. The molecule has 0 aromatic carbocycles. The minimum absolute atomic E-state index is 0.127. The third-order valence-electron chi connectivity index (χ3n) is 4.90. The number of ether oxygens (including phenoxy) is 2. The average Bonchev–Trinajstić information content (AvgIpc) is 2.83. The van der Waals surface area contributed by atoms with Crippen LogP contribution in [0.4, 0.5) is 17.6 Å². The fourth-order valence-electron chi connectivity index (χ4n) is 3.18. The second-order valence-corrected chi connectivity index (χ2v) is 10.6. The van der Waals surface area contributed by atoms with Gasteiger partial charge in [0.2, 0.25) is 20.9 Å². The smallest absolute Gasteiger partial charge is 0.250 e. The van der Waals surface area contributed by atoms with Crippen molar-refractivity contribution in [2.75, 3.05) is 80.5 Å². The van der Waals surface area contributed by atoms with Crippen molar-refractivity contribution in [2.24, 2.45) is 0 Å². The van der Waals surface area contributed by atoms with E-state index in [1.165, 1.54) is 0 Å². The van der Waals surface area contributed by atoms with E-state index in [9.17, 15) is 13.5 Å². The van der Waals surface area contributed by atoms with Gasteiger partial charge in [0.25, 0.3) is 0 Å². The third-order valence-corrected chi connectivity index (χ3v) is 6.13. The monoisotopic (exact) mass is 549 g/mol. The Balaban J connectivity index is 0.000000196. The summed E-state index contributed by atoms with van der Waals surface area (Å²) in [6.45, 7) is 7.57. The number of nitrogens with zero attached hydrogens (tertiary/aromatic N) is 6. The van der Waals surface area contributed by atoms with E-state index in [1.807, 2.05) is 4.90 Å². The Hall–Kier alpha value is -2.03. The first-order valence-electron chi connectivity index (χ1n) is 11.0. The number of rotatable bonds is 6. The summed E-state index contributed by atoms with van der Waals surface area (Å²) in [7, 11) is -3.45. The molecule has 0 radical (unpaired) electrons. The van der Waals surface area contributed by atoms with Crippen LogP contribution in [-0.4, -0.2) is 105 Å². The predicted octanol–water partition coefficient (Wildman–Crippen LogP) is 1.13. The van der Waals surface area contributed by atoms with Crippen LogP contribution < -0.4 is 15.1 Å². The molecule has 0 unspecified atom stereocenters. The summed E-state index contributed by atoms with van der Waals surface area (Å²) in [6.07, 6.45) is 0.598. The molecule has 0 spiro atoms. The summed E-state index contributed by atoms with van der Waals surface area (Å²) in [5.41, 5.74) is 0. The number of anilines is 3. The molecule has 2 aliphatic heterocycles. The molecule has 0 bridgehead atoms. The van der Waals surface area contributed by atoms with Crippen molar-refractivity contribution < 1.29 is 23.0 Å². The largest absolute Gasteiger partial charge is 0.392 e. The Morgan fingerprint density at radius 2 is 1.43 bits per heavy atom. The van der Waals surface area contributed by atoms with Crippen LogP contribution in [0, 0.1) is 0 Å². The molecule has 2 aromatic heterocycles. The Labute approximate surface area is 214 Å². The molecular formula is C20H29Cl2N7O5S. The van der Waals surface area contributed by atoms with Gasteiger partial charge in [-0.15, -0.1) is 0 Å². The Morgan fingerprint density at radius 3 is 1.91 bits per heavy atom. The van der Waals surface area contributed by atoms with E-state index < -0.39 is 15.9 Å². The summed E-state index contributed by atoms with van der Waals surface area (Å²) >= 11 is 11.8. The first-order valence-corrected chi connectivity index (χ1v) is 13.6. The normalized spacial score (nSPS) is 17.4. The first-order chi connectivity index (χ1) is 16.6. The van der Waals surface area contributed by atoms with Crippen molar-refractivity contribution in [2.45, 2.75) is 18.2 Å². The van der Waals surface area contributed by atoms with Crippen LogP contribution in [0.15, 0.2) is 17.3 Å². The number of aliphatic hydroxyl groups excluding tert-OH is 1. The number of nitrogens with one attached hydrogen (secondary N) is 1. The molecule has 35 heavy (non-hydrogen) atoms. The van der Waals surface area contributed by atoms with Gasteiger partial charge in [-0.1, -0.05) is 23.2 Å². The minimum Gasteiger partial charge on any atom is -0.392 e. The second-order valence-electron chi connectivity index (χ2n) is 7.90. The van der Waals surface area contributed by atoms with E-state index >= 15 is 0 Å². The van der Waals surface area contributed by atoms with Gasteiger partial charge in [0.1, 0.15) is 21.9 Å². The molecule has 2 aliphatic rings. The fourth-order valence-corrected chi connectivity index (χ4v) is 4.11. The maximum atomic E-state index is 11.4. The molecule has 2 fully saturated rings. The molecule has 1 atom stereocenters. The first kappa shape index (κ1) is 27.6. The molecule has 0 aliphatic carbocycles. The molecule has 2 aromatic rings. The zero-order valence-electron chi connectivity index (χ0n) is 19.5. The SMILES string of the molecule is CS(=O)(=O)c1nc(Cl)cc(N2CCOCC2)n1.C[C@@H](O)CNc1nc(Cl)cc(N2CCOCC2)n1. The van der Waals surface area contributed by atoms with E-state index in [1.54, 1.807) is 19.1 Å². The second kappa shape index (κ2) is 12.8. The van der Waals surface area contributed by atoms with E-state index in [0.717, 1.165) is 25.2 Å². The number of aromatic nitrogens is 4. The zero-order chi connectivity index (χ0) is 25.4. The van der Waals surface area contributed by atoms with Gasteiger partial charge in [0.05, 0.1) is 32.5 Å². The molecule has 4 heterocycles. The van der Waals surface area contributed by atoms with Crippen molar-refractivity contribution in [3.05, 3.63) is 22.4 Å². The summed E-state index contributed by atoms with van der Waals surface area (Å²) in [6, 6.07) is 3.29. The molecule has 4 rings (SSSR count). The van der Waals surface area contributed by atoms with Gasteiger partial charge in [-0.2, -0.15) is 4.98 Å². The lowest BCUT2D eigenvalue weighted by molar-refractivity contribution is 0.122. The van der Waals surface area contributed by atoms with Gasteiger partial charge in [0, 0.05) is 51.1 Å².